The molecule has 5 fully saturated rings. The summed E-state index contributed by atoms with van der Waals surface area (Å²) >= 11 is 28.7. The Morgan fingerprint density at radius 2 is 0.914 bits per heavy atom. The summed E-state index contributed by atoms with van der Waals surface area (Å²) in [7, 11) is 0. The number of rotatable bonds is 8. The molecule has 552 valence electrons. The Labute approximate surface area is 636 Å². The number of ether oxygens (including phenoxy) is 3. The van der Waals surface area contributed by atoms with E-state index in [1.165, 1.54) is 37.7 Å². The zero-order chi connectivity index (χ0) is 74.3. The molecule has 12 N–H and O–H groups in total. The summed E-state index contributed by atoms with van der Waals surface area (Å²) in [5.74, 6) is 7.63. The monoisotopic (exact) mass is 1520 g/mol. The molecule has 105 heavy (non-hydrogen) atoms. The van der Waals surface area contributed by atoms with Gasteiger partial charge >= 0.3 is 12.2 Å². The summed E-state index contributed by atoms with van der Waals surface area (Å²) in [6.45, 7) is 13.1. The average Bonchev–Trinajstić information content (AvgIpc) is 1.62. The highest BCUT2D eigenvalue weighted by Gasteiger charge is 2.50. The minimum absolute atomic E-state index is 0.0235. The molecule has 16 unspecified atom stereocenters. The number of para-hydroxylation sites is 8. The molecule has 6 heterocycles. The summed E-state index contributed by atoms with van der Waals surface area (Å²) in [6.07, 6.45) is 27.8. The van der Waals surface area contributed by atoms with Crippen molar-refractivity contribution in [2.75, 3.05) is 30.0 Å². The molecular formula is C79H90Cl5N15O6. The van der Waals surface area contributed by atoms with E-state index in [0.717, 1.165) is 89.3 Å². The molecule has 0 radical (unpaired) electrons. The van der Waals surface area contributed by atoms with Crippen LogP contribution in [0.5, 0.6) is 0 Å². The summed E-state index contributed by atoms with van der Waals surface area (Å²) in [5.41, 5.74) is 23.6. The third kappa shape index (κ3) is 18.8. The zero-order valence-corrected chi connectivity index (χ0v) is 63.1. The predicted molar refractivity (Wildman–Crippen MR) is 417 cm³/mol. The Kier molecular flexibility index (Phi) is 24.3. The smallest absolute Gasteiger partial charge is 0.407 e. The van der Waals surface area contributed by atoms with Crippen LogP contribution in [0.2, 0.25) is 25.5 Å². The lowest BCUT2D eigenvalue weighted by atomic mass is 9.88. The third-order valence-corrected chi connectivity index (χ3v) is 21.6. The molecule has 9 aliphatic rings. The molecule has 9 aromatic rings. The lowest BCUT2D eigenvalue weighted by Crippen LogP contribution is -2.45. The number of carbonyl (C=O) groups is 3. The van der Waals surface area contributed by atoms with Crippen molar-refractivity contribution in [1.82, 2.24) is 55.5 Å². The van der Waals surface area contributed by atoms with Crippen LogP contribution in [0.3, 0.4) is 0 Å². The third-order valence-electron chi connectivity index (χ3n) is 20.3. The normalized spacial score (nSPS) is 26.9. The lowest BCUT2D eigenvalue weighted by molar-refractivity contribution is -0.112. The first-order chi connectivity index (χ1) is 50.3. The number of aromatic amines is 3. The van der Waals surface area contributed by atoms with E-state index < -0.39 is 17.3 Å². The van der Waals surface area contributed by atoms with Gasteiger partial charge in [0, 0.05) is 67.2 Å². The second kappa shape index (κ2) is 33.5. The number of hydrogen-bond acceptors (Lipinski definition) is 16. The van der Waals surface area contributed by atoms with E-state index in [1.807, 2.05) is 114 Å². The van der Waals surface area contributed by atoms with Gasteiger partial charge in [-0.2, -0.15) is 4.98 Å². The fraction of sp³-hybridized carbons (Fsp3) is 0.405. The van der Waals surface area contributed by atoms with Crippen LogP contribution in [0, 0.1) is 53.3 Å². The van der Waals surface area contributed by atoms with Gasteiger partial charge in [0.05, 0.1) is 60.7 Å². The maximum Gasteiger partial charge on any atom is 0.407 e. The van der Waals surface area contributed by atoms with Gasteiger partial charge in [-0.1, -0.05) is 144 Å². The highest BCUT2D eigenvalue weighted by molar-refractivity contribution is 6.42. The molecule has 21 nitrogen and oxygen atoms in total. The van der Waals surface area contributed by atoms with Gasteiger partial charge in [-0.3, -0.25) is 0 Å². The summed E-state index contributed by atoms with van der Waals surface area (Å²) in [5, 5.41) is 11.3. The minimum Gasteiger partial charge on any atom is -0.444 e. The number of amides is 2. The summed E-state index contributed by atoms with van der Waals surface area (Å²) in [6, 6.07) is 33.4. The fourth-order valence-corrected chi connectivity index (χ4v) is 16.3. The number of nitrogens with two attached hydrogens (primary N) is 3. The first-order valence-electron chi connectivity index (χ1n) is 35.7. The van der Waals surface area contributed by atoms with Gasteiger partial charge in [-0.05, 0) is 194 Å². The molecule has 5 aromatic heterocycles. The van der Waals surface area contributed by atoms with E-state index in [9.17, 15) is 14.4 Å². The fourth-order valence-electron chi connectivity index (χ4n) is 15.6. The Hall–Kier alpha value is -8.54. The number of nitrogen functional groups attached to an aromatic ring is 2. The lowest BCUT2D eigenvalue weighted by Gasteiger charge is -2.29. The molecule has 26 heteroatoms. The molecule has 4 saturated carbocycles. The van der Waals surface area contributed by atoms with E-state index in [2.05, 4.69) is 107 Å². The van der Waals surface area contributed by atoms with Crippen LogP contribution in [0.1, 0.15) is 115 Å². The number of halogens is 5. The number of allylic oxidation sites excluding steroid dienone is 4. The first kappa shape index (κ1) is 76.1. The highest BCUT2D eigenvalue weighted by Crippen LogP contribution is 2.52. The Bertz CT molecular complexity index is 4510. The van der Waals surface area contributed by atoms with Crippen LogP contribution in [-0.4, -0.2) is 112 Å². The predicted octanol–water partition coefficient (Wildman–Crippen LogP) is 16.9. The Balaban J connectivity index is 0.000000121. The number of aromatic nitrogens is 9. The van der Waals surface area contributed by atoms with E-state index in [0.29, 0.717) is 78.8 Å². The molecule has 2 amide bonds. The molecule has 8 bridgehead atoms. The van der Waals surface area contributed by atoms with Gasteiger partial charge in [-0.15, -0.1) is 0 Å². The number of carbonyl (C=O) groups excluding carboxylic acids is 3. The molecule has 1 aliphatic heterocycles. The van der Waals surface area contributed by atoms with Gasteiger partial charge in [0.1, 0.15) is 51.0 Å². The van der Waals surface area contributed by atoms with E-state index >= 15 is 0 Å². The van der Waals surface area contributed by atoms with E-state index in [1.54, 1.807) is 12.1 Å². The van der Waals surface area contributed by atoms with Crippen molar-refractivity contribution in [3.05, 3.63) is 207 Å². The van der Waals surface area contributed by atoms with Gasteiger partial charge in [0.2, 0.25) is 5.28 Å². The topological polar surface area (TPSA) is 318 Å². The largest absolute Gasteiger partial charge is 0.444 e. The van der Waals surface area contributed by atoms with Crippen molar-refractivity contribution in [2.45, 2.75) is 133 Å². The molecule has 8 aliphatic carbocycles. The molecule has 0 spiro atoms. The second-order valence-electron chi connectivity index (χ2n) is 29.8. The maximum atomic E-state index is 12.3. The summed E-state index contributed by atoms with van der Waals surface area (Å²) < 4.78 is 15.6. The maximum absolute atomic E-state index is 12.3. The SMILES string of the molecule is C1CCOC1.CC(C)(C)OC(=O)NC1C2C=CC(C2)C1C=O.CC(C)(C)OC(=O)NC1C2C=CC(C2)C1c1nc2ccccc2[nH]1.Clc1cc(Cl)c(Cl)cn1.Clc1ncc(Cl)c(NC2C3C=CC(C3)C2c2nc3ccccc3[nH]2)n1.NC1C2C=CC(C2)C1c1nc2ccccc2[nH]1.Nc1ccccc1N. The van der Waals surface area contributed by atoms with E-state index in [-0.39, 0.29) is 65.1 Å². The van der Waals surface area contributed by atoms with Crippen LogP contribution in [-0.2, 0) is 19.0 Å². The number of H-pyrrole nitrogens is 3. The number of aldehydes is 1. The number of alkyl carbamates (subject to hydrolysis) is 2. The highest BCUT2D eigenvalue weighted by atomic mass is 35.5. The first-order valence-corrected chi connectivity index (χ1v) is 37.6. The van der Waals surface area contributed by atoms with Crippen molar-refractivity contribution < 1.29 is 28.6 Å². The van der Waals surface area contributed by atoms with Gasteiger partial charge in [0.15, 0.2) is 0 Å². The summed E-state index contributed by atoms with van der Waals surface area (Å²) in [4.78, 5) is 71.5. The standard InChI is InChI=1S/C19H23N3O2.C18H15Cl2N5.C14H15N3.C13H19NO3.C6H8N2.C5H2Cl3N.C4H8O/c1-19(2,3)24-18(23)22-16-12-9-8-11(10-12)15(16)17-20-13-6-4-5-7-14(13)21-17;19-11-8-21-18(20)25-16(11)24-15-10-6-5-9(7-10)14(15)17-22-12-3-1-2-4-13(12)23-17;15-13-9-6-5-8(7-9)12(13)14-16-10-3-1-2-4-11(10)17-14;1-13(2,3)17-12(16)14-11-9-5-4-8(6-9)10(11)7-15;7-5-3-1-2-4-6(5)8;6-3-1-5(8)9-2-4(3)7;1-2-4-5-3-1/h4-9,11-12,15-16H,10H2,1-3H3,(H,20,21)(H,22,23);1-6,8-10,14-15H,7H2,(H,22,23)(H,21,24,25);1-6,8-9,12-13H,7,15H2,(H,16,17);4-5,7-11H,6H2,1-3H3,(H,14,16);1-4H,7-8H2;1-2H;1-4H2. The van der Waals surface area contributed by atoms with Crippen molar-refractivity contribution >= 4 is 127 Å². The molecule has 4 aromatic carbocycles. The molecular weight excluding hydrogens is 1430 g/mol. The number of anilines is 3. The van der Waals surface area contributed by atoms with Gasteiger partial charge in [0.25, 0.3) is 0 Å². The van der Waals surface area contributed by atoms with Gasteiger partial charge in [-0.25, -0.2) is 34.5 Å². The Morgan fingerprint density at radius 3 is 1.36 bits per heavy atom. The molecule has 16 atom stereocenters. The van der Waals surface area contributed by atoms with Crippen molar-refractivity contribution in [3.8, 4) is 0 Å². The Morgan fingerprint density at radius 1 is 0.505 bits per heavy atom. The van der Waals surface area contributed by atoms with Crippen LogP contribution in [0.4, 0.5) is 26.8 Å². The van der Waals surface area contributed by atoms with Gasteiger partial charge < -0.3 is 67.1 Å². The van der Waals surface area contributed by atoms with Crippen molar-refractivity contribution in [3.63, 3.8) is 0 Å². The van der Waals surface area contributed by atoms with Crippen LogP contribution >= 0.6 is 58.0 Å². The zero-order valence-electron chi connectivity index (χ0n) is 59.3. The quantitative estimate of drug-likeness (QED) is 0.0224. The number of nitrogens with one attached hydrogen (secondary N) is 6. The number of nitrogens with zero attached hydrogens (tertiary/aromatic N) is 6. The van der Waals surface area contributed by atoms with Crippen LogP contribution in [0.15, 0.2) is 164 Å². The van der Waals surface area contributed by atoms with Crippen molar-refractivity contribution in [1.29, 1.82) is 0 Å². The number of fused-ring (bicyclic) bond motifs is 11. The number of hydrogen-bond donors (Lipinski definition) is 9. The van der Waals surface area contributed by atoms with E-state index in [4.69, 9.17) is 104 Å². The molecule has 18 rings (SSSR count). The van der Waals surface area contributed by atoms with Crippen LogP contribution in [0.25, 0.3) is 33.1 Å². The average molecular weight is 1520 g/mol. The van der Waals surface area contributed by atoms with Crippen LogP contribution < -0.4 is 33.2 Å². The number of pyridine rings is 1. The molecule has 1 saturated heterocycles. The second-order valence-corrected chi connectivity index (χ2v) is 31.7. The minimum atomic E-state index is -0.506. The number of benzene rings is 4. The number of imidazole rings is 3. The van der Waals surface area contributed by atoms with Crippen molar-refractivity contribution in [2.24, 2.45) is 59.0 Å².